The van der Waals surface area contributed by atoms with Crippen LogP contribution in [0, 0.1) is 23.2 Å². The number of anilines is 2. The zero-order valence-corrected chi connectivity index (χ0v) is 27.0. The summed E-state index contributed by atoms with van der Waals surface area (Å²) in [5.41, 5.74) is 9.16. The quantitative estimate of drug-likeness (QED) is 0.0844. The molecule has 48 heavy (non-hydrogen) atoms. The normalized spacial score (nSPS) is 22.6. The Bertz CT molecular complexity index is 2030. The second-order valence-corrected chi connectivity index (χ2v) is 12.8. The Morgan fingerprint density at radius 3 is 2.79 bits per heavy atom. The second kappa shape index (κ2) is 12.9. The summed E-state index contributed by atoms with van der Waals surface area (Å²) in [6.07, 6.45) is 4.72. The summed E-state index contributed by atoms with van der Waals surface area (Å²) in [5.74, 6) is 6.54. The largest absolute Gasteiger partial charge is 0.399 e. The SMILES string of the molecule is CNC(=O)[C@]12CC1[C@@H](n1cnc3c(NCc4cccc(Cl)c4)nc(C#CCCCCc4cn(-c5ccc(N)cc5)nn4)nc31)[C@H](O)[C@@H]2O. The predicted molar refractivity (Wildman–Crippen MR) is 180 cm³/mol. The Morgan fingerprint density at radius 1 is 1.17 bits per heavy atom. The number of aromatic nitrogens is 7. The lowest BCUT2D eigenvalue weighted by Gasteiger charge is -2.23. The van der Waals surface area contributed by atoms with Crippen molar-refractivity contribution in [2.45, 2.75) is 56.9 Å². The van der Waals surface area contributed by atoms with Gasteiger partial charge in [0.2, 0.25) is 11.7 Å². The molecule has 3 aromatic heterocycles. The highest BCUT2D eigenvalue weighted by Gasteiger charge is 2.75. The van der Waals surface area contributed by atoms with E-state index in [1.165, 1.54) is 7.05 Å². The maximum absolute atomic E-state index is 12.7. The van der Waals surface area contributed by atoms with Gasteiger partial charge < -0.3 is 31.1 Å². The molecule has 7 rings (SSSR count). The fraction of sp³-hybridized carbons (Fsp3) is 0.353. The summed E-state index contributed by atoms with van der Waals surface area (Å²) in [5, 5.41) is 37.1. The molecule has 0 radical (unpaired) electrons. The fourth-order valence-electron chi connectivity index (χ4n) is 6.76. The Hall–Kier alpha value is -5.03. The molecule has 246 valence electrons. The van der Waals surface area contributed by atoms with Gasteiger partial charge in [-0.2, -0.15) is 0 Å². The van der Waals surface area contributed by atoms with Gasteiger partial charge in [-0.15, -0.1) is 5.10 Å². The van der Waals surface area contributed by atoms with Crippen LogP contribution in [0.3, 0.4) is 0 Å². The van der Waals surface area contributed by atoms with Crippen LogP contribution >= 0.6 is 11.6 Å². The second-order valence-electron chi connectivity index (χ2n) is 12.3. The number of fused-ring (bicyclic) bond motifs is 2. The number of unbranched alkanes of at least 4 members (excludes halogenated alkanes) is 2. The number of nitrogens with zero attached hydrogens (tertiary/aromatic N) is 7. The van der Waals surface area contributed by atoms with Crippen LogP contribution in [0.5, 0.6) is 0 Å². The van der Waals surface area contributed by atoms with Gasteiger partial charge in [-0.05, 0) is 73.6 Å². The smallest absolute Gasteiger partial charge is 0.229 e. The van der Waals surface area contributed by atoms with E-state index in [-0.39, 0.29) is 11.8 Å². The van der Waals surface area contributed by atoms with Crippen molar-refractivity contribution in [2.24, 2.45) is 11.3 Å². The summed E-state index contributed by atoms with van der Waals surface area (Å²) in [6, 6.07) is 14.4. The van der Waals surface area contributed by atoms with Gasteiger partial charge in [-0.25, -0.2) is 19.6 Å². The summed E-state index contributed by atoms with van der Waals surface area (Å²) in [6.45, 7) is 0.433. The molecule has 0 spiro atoms. The van der Waals surface area contributed by atoms with Crippen molar-refractivity contribution in [2.75, 3.05) is 18.1 Å². The average Bonchev–Trinajstić information content (AvgIpc) is 3.32. The number of hydrogen-bond donors (Lipinski definition) is 5. The molecule has 13 nitrogen and oxygen atoms in total. The van der Waals surface area contributed by atoms with Crippen LogP contribution in [0.25, 0.3) is 16.9 Å². The number of hydrogen-bond acceptors (Lipinski definition) is 10. The van der Waals surface area contributed by atoms with E-state index in [2.05, 4.69) is 42.8 Å². The highest BCUT2D eigenvalue weighted by atomic mass is 35.5. The number of aliphatic hydroxyl groups excluding tert-OH is 2. The number of nitrogen functional groups attached to an aromatic ring is 1. The van der Waals surface area contributed by atoms with Crippen molar-refractivity contribution in [3.8, 4) is 17.5 Å². The maximum atomic E-state index is 12.7. The Labute approximate surface area is 281 Å². The number of imidazole rings is 1. The van der Waals surface area contributed by atoms with Gasteiger partial charge in [0.15, 0.2) is 17.0 Å². The lowest BCUT2D eigenvalue weighted by atomic mass is 9.98. The number of carbonyl (C=O) groups excluding carboxylic acids is 1. The van der Waals surface area contributed by atoms with Crippen molar-refractivity contribution in [3.63, 3.8) is 0 Å². The molecule has 2 fully saturated rings. The van der Waals surface area contributed by atoms with Gasteiger partial charge in [0.25, 0.3) is 0 Å². The minimum absolute atomic E-state index is 0.264. The van der Waals surface area contributed by atoms with Gasteiger partial charge in [0.1, 0.15) is 6.10 Å². The molecule has 2 aromatic carbocycles. The molecular weight excluding hydrogens is 632 g/mol. The van der Waals surface area contributed by atoms with E-state index in [1.807, 2.05) is 54.7 Å². The zero-order chi connectivity index (χ0) is 33.4. The highest BCUT2D eigenvalue weighted by Crippen LogP contribution is 2.67. The molecule has 5 aromatic rings. The van der Waals surface area contributed by atoms with Crippen LogP contribution < -0.4 is 16.4 Å². The number of aryl methyl sites for hydroxylation is 1. The lowest BCUT2D eigenvalue weighted by molar-refractivity contribution is -0.132. The first-order valence-electron chi connectivity index (χ1n) is 15.9. The van der Waals surface area contributed by atoms with Crippen molar-refractivity contribution in [3.05, 3.63) is 83.2 Å². The number of amides is 1. The molecule has 3 heterocycles. The molecule has 2 aliphatic carbocycles. The number of nitrogens with one attached hydrogen (secondary N) is 2. The molecule has 5 atom stereocenters. The van der Waals surface area contributed by atoms with E-state index in [0.29, 0.717) is 52.9 Å². The van der Waals surface area contributed by atoms with Crippen molar-refractivity contribution in [1.82, 2.24) is 39.8 Å². The minimum atomic E-state index is -1.20. The summed E-state index contributed by atoms with van der Waals surface area (Å²) < 4.78 is 3.48. The molecule has 0 aliphatic heterocycles. The molecule has 0 bridgehead atoms. The summed E-state index contributed by atoms with van der Waals surface area (Å²) in [4.78, 5) is 26.8. The third kappa shape index (κ3) is 5.83. The number of aliphatic hydroxyl groups is 2. The Morgan fingerprint density at radius 2 is 2.00 bits per heavy atom. The van der Waals surface area contributed by atoms with Crippen LogP contribution in [0.15, 0.2) is 61.1 Å². The third-order valence-corrected chi connectivity index (χ3v) is 9.53. The van der Waals surface area contributed by atoms with Crippen molar-refractivity contribution in [1.29, 1.82) is 0 Å². The van der Waals surface area contributed by atoms with Crippen LogP contribution in [-0.2, 0) is 17.8 Å². The van der Waals surface area contributed by atoms with Crippen LogP contribution in [0.1, 0.15) is 48.8 Å². The van der Waals surface area contributed by atoms with Gasteiger partial charge in [0, 0.05) is 36.6 Å². The number of nitrogens with two attached hydrogens (primary N) is 1. The highest BCUT2D eigenvalue weighted by molar-refractivity contribution is 6.30. The maximum Gasteiger partial charge on any atom is 0.229 e. The molecule has 1 amide bonds. The average molecular weight is 667 g/mol. The van der Waals surface area contributed by atoms with Crippen LogP contribution in [0.2, 0.25) is 5.02 Å². The Balaban J connectivity index is 1.08. The molecule has 14 heteroatoms. The van der Waals surface area contributed by atoms with Gasteiger partial charge in [-0.1, -0.05) is 34.9 Å². The molecule has 2 aliphatic rings. The molecule has 6 N–H and O–H groups in total. The fourth-order valence-corrected chi connectivity index (χ4v) is 6.97. The van der Waals surface area contributed by atoms with E-state index in [1.54, 1.807) is 15.6 Å². The summed E-state index contributed by atoms with van der Waals surface area (Å²) in [7, 11) is 1.54. The van der Waals surface area contributed by atoms with Gasteiger partial charge in [-0.3, -0.25) is 4.79 Å². The van der Waals surface area contributed by atoms with E-state index in [0.717, 1.165) is 36.2 Å². The number of benzene rings is 2. The zero-order valence-electron chi connectivity index (χ0n) is 26.2. The number of halogens is 1. The number of carbonyl (C=O) groups is 1. The topological polar surface area (TPSA) is 182 Å². The first-order valence-corrected chi connectivity index (χ1v) is 16.2. The van der Waals surface area contributed by atoms with E-state index in [9.17, 15) is 15.0 Å². The summed E-state index contributed by atoms with van der Waals surface area (Å²) >= 11 is 6.20. The monoisotopic (exact) mass is 666 g/mol. The first kappa shape index (κ1) is 31.6. The molecular formula is C34H35ClN10O3. The third-order valence-electron chi connectivity index (χ3n) is 9.30. The predicted octanol–water partition coefficient (Wildman–Crippen LogP) is 3.05. The first-order chi connectivity index (χ1) is 23.3. The molecule has 0 saturated heterocycles. The lowest BCUT2D eigenvalue weighted by Crippen LogP contribution is -2.41. The molecule has 2 saturated carbocycles. The number of rotatable bonds is 10. The van der Waals surface area contributed by atoms with Crippen molar-refractivity contribution < 1.29 is 15.0 Å². The van der Waals surface area contributed by atoms with E-state index in [4.69, 9.17) is 22.3 Å². The van der Waals surface area contributed by atoms with Crippen LogP contribution in [0.4, 0.5) is 11.5 Å². The van der Waals surface area contributed by atoms with Gasteiger partial charge >= 0.3 is 0 Å². The molecule has 1 unspecified atom stereocenters. The van der Waals surface area contributed by atoms with Crippen LogP contribution in [-0.4, -0.2) is 69.9 Å². The minimum Gasteiger partial charge on any atom is -0.399 e. The van der Waals surface area contributed by atoms with E-state index < -0.39 is 23.7 Å². The van der Waals surface area contributed by atoms with E-state index >= 15 is 0 Å². The van der Waals surface area contributed by atoms with Crippen molar-refractivity contribution >= 4 is 40.2 Å². The van der Waals surface area contributed by atoms with Gasteiger partial charge in [0.05, 0.1) is 41.5 Å². The Kier molecular flexibility index (Phi) is 8.47. The standard InChI is InChI=1S/C34H35ClN10O3/c1-37-33(48)34-16-25(34)28(29(46)30(34)47)44-19-39-27-31(38-17-20-7-6-8-21(35)15-20)40-26(41-32(27)44)10-5-3-2-4-9-23-18-45(43-42-23)24-13-11-22(36)12-14-24/h6-8,11-15,18-19,25,28-30,46-47H,2-4,9,16-17,36H2,1H3,(H,37,48)(H,38,40,41)/t25?,28-,29+,30+,34-/m1/s1.